The van der Waals surface area contributed by atoms with Crippen LogP contribution in [-0.4, -0.2) is 20.9 Å². The number of carbonyl (C=O) groups excluding carboxylic acids is 1. The molecule has 1 aliphatic carbocycles. The van der Waals surface area contributed by atoms with Crippen molar-refractivity contribution in [3.63, 3.8) is 0 Å². The number of carbonyl (C=O) groups is 1. The van der Waals surface area contributed by atoms with E-state index >= 15 is 0 Å². The van der Waals surface area contributed by atoms with Gasteiger partial charge in [-0.3, -0.25) is 4.79 Å². The van der Waals surface area contributed by atoms with Crippen LogP contribution >= 0.6 is 11.3 Å². The quantitative estimate of drug-likeness (QED) is 0.686. The Morgan fingerprint density at radius 2 is 2.26 bits per heavy atom. The monoisotopic (exact) mass is 327 g/mol. The largest absolute Gasteiger partial charge is 0.342 e. The van der Waals surface area contributed by atoms with E-state index in [1.807, 2.05) is 18.2 Å². The average molecular weight is 327 g/mol. The van der Waals surface area contributed by atoms with Crippen molar-refractivity contribution in [1.29, 1.82) is 0 Å². The Kier molecular flexibility index (Phi) is 3.59. The van der Waals surface area contributed by atoms with E-state index in [9.17, 15) is 4.79 Å². The minimum absolute atomic E-state index is 0.223. The van der Waals surface area contributed by atoms with Gasteiger partial charge in [-0.1, -0.05) is 6.42 Å². The van der Waals surface area contributed by atoms with E-state index in [0.29, 0.717) is 18.2 Å². The van der Waals surface area contributed by atoms with E-state index in [0.717, 1.165) is 27.6 Å². The van der Waals surface area contributed by atoms with Crippen molar-refractivity contribution < 1.29 is 4.79 Å². The van der Waals surface area contributed by atoms with Gasteiger partial charge in [0.05, 0.1) is 11.0 Å². The average Bonchev–Trinajstić information content (AvgIpc) is 3.11. The molecule has 0 unspecified atom stereocenters. The fourth-order valence-electron chi connectivity index (χ4n) is 2.69. The van der Waals surface area contributed by atoms with E-state index in [1.165, 1.54) is 30.6 Å². The van der Waals surface area contributed by atoms with E-state index in [1.54, 1.807) is 5.38 Å². The third-order valence-electron chi connectivity index (χ3n) is 4.21. The second-order valence-corrected chi connectivity index (χ2v) is 6.71. The predicted molar refractivity (Wildman–Crippen MR) is 90.6 cm³/mol. The number of fused-ring (bicyclic) bond motifs is 1. The number of anilines is 1. The number of nitrogens with zero attached hydrogens (tertiary/aromatic N) is 2. The molecule has 0 aliphatic heterocycles. The summed E-state index contributed by atoms with van der Waals surface area (Å²) in [5, 5.41) is 5.35. The molecule has 0 atom stereocenters. The van der Waals surface area contributed by atoms with E-state index in [-0.39, 0.29) is 5.91 Å². The number of aromatic nitrogens is 3. The summed E-state index contributed by atoms with van der Waals surface area (Å²) >= 11 is 1.39. The highest BCUT2D eigenvalue weighted by molar-refractivity contribution is 7.09. The zero-order chi connectivity index (χ0) is 15.8. The molecule has 1 fully saturated rings. The highest BCUT2D eigenvalue weighted by atomic mass is 32.1. The number of hydrogen-bond donors (Lipinski definition) is 3. The van der Waals surface area contributed by atoms with Gasteiger partial charge in [-0.2, -0.15) is 0 Å². The topological polar surface area (TPSA) is 96.7 Å². The van der Waals surface area contributed by atoms with Gasteiger partial charge in [0, 0.05) is 23.5 Å². The maximum absolute atomic E-state index is 12.2. The van der Waals surface area contributed by atoms with Crippen molar-refractivity contribution in [3.05, 3.63) is 40.1 Å². The molecule has 2 heterocycles. The maximum Gasteiger partial charge on any atom is 0.275 e. The Hall–Kier alpha value is -2.25. The Balaban J connectivity index is 1.55. The number of H-pyrrole nitrogens is 1. The number of hydrogen-bond acceptors (Lipinski definition) is 5. The van der Waals surface area contributed by atoms with Crippen molar-refractivity contribution in [3.8, 4) is 0 Å². The number of amides is 1. The van der Waals surface area contributed by atoms with Gasteiger partial charge in [0.25, 0.3) is 5.91 Å². The van der Waals surface area contributed by atoms with Crippen LogP contribution in [0.2, 0.25) is 0 Å². The van der Waals surface area contributed by atoms with Crippen LogP contribution in [0.1, 0.15) is 46.5 Å². The van der Waals surface area contributed by atoms with Crippen LogP contribution in [0.25, 0.3) is 11.0 Å². The maximum atomic E-state index is 12.2. The molecule has 3 aromatic rings. The van der Waals surface area contributed by atoms with Gasteiger partial charge < -0.3 is 16.0 Å². The lowest BCUT2D eigenvalue weighted by Crippen LogP contribution is -2.12. The first-order valence-corrected chi connectivity index (χ1v) is 8.56. The predicted octanol–water partition coefficient (Wildman–Crippen LogP) is 3.00. The van der Waals surface area contributed by atoms with Crippen molar-refractivity contribution in [2.75, 3.05) is 5.32 Å². The van der Waals surface area contributed by atoms with Gasteiger partial charge in [0.1, 0.15) is 16.5 Å². The third-order valence-corrected chi connectivity index (χ3v) is 5.08. The van der Waals surface area contributed by atoms with Gasteiger partial charge >= 0.3 is 0 Å². The highest BCUT2D eigenvalue weighted by Crippen LogP contribution is 2.35. The molecule has 4 rings (SSSR count). The van der Waals surface area contributed by atoms with Crippen LogP contribution in [0.4, 0.5) is 5.69 Å². The third kappa shape index (κ3) is 2.73. The van der Waals surface area contributed by atoms with Gasteiger partial charge in [-0.05, 0) is 31.0 Å². The molecule has 23 heavy (non-hydrogen) atoms. The SMILES string of the molecule is NCc1nc(C(=O)Nc2ccc3nc(C4CCC4)[nH]c3c2)cs1. The zero-order valence-corrected chi connectivity index (χ0v) is 13.3. The lowest BCUT2D eigenvalue weighted by molar-refractivity contribution is 0.102. The lowest BCUT2D eigenvalue weighted by Gasteiger charge is -2.22. The fourth-order valence-corrected chi connectivity index (χ4v) is 3.34. The molecule has 1 aliphatic rings. The van der Waals surface area contributed by atoms with Crippen LogP contribution in [0.5, 0.6) is 0 Å². The molecule has 1 aromatic carbocycles. The molecular weight excluding hydrogens is 310 g/mol. The molecule has 6 nitrogen and oxygen atoms in total. The van der Waals surface area contributed by atoms with Gasteiger partial charge in [0.2, 0.25) is 0 Å². The normalized spacial score (nSPS) is 14.8. The summed E-state index contributed by atoms with van der Waals surface area (Å²) in [5.41, 5.74) is 8.54. The van der Waals surface area contributed by atoms with Gasteiger partial charge in [-0.25, -0.2) is 9.97 Å². The Bertz CT molecular complexity index is 864. The molecule has 1 saturated carbocycles. The highest BCUT2D eigenvalue weighted by Gasteiger charge is 2.22. The number of nitrogens with one attached hydrogen (secondary N) is 2. The first-order valence-electron chi connectivity index (χ1n) is 7.68. The number of aromatic amines is 1. The minimum Gasteiger partial charge on any atom is -0.342 e. The van der Waals surface area contributed by atoms with Crippen molar-refractivity contribution >= 4 is 34.0 Å². The second kappa shape index (κ2) is 5.75. The molecule has 0 spiro atoms. The first kappa shape index (κ1) is 14.3. The number of benzene rings is 1. The van der Waals surface area contributed by atoms with Crippen LogP contribution in [-0.2, 0) is 6.54 Å². The number of rotatable bonds is 4. The summed E-state index contributed by atoms with van der Waals surface area (Å²) in [6.07, 6.45) is 3.69. The first-order chi connectivity index (χ1) is 11.2. The number of thiazole rings is 1. The summed E-state index contributed by atoms with van der Waals surface area (Å²) in [5.74, 6) is 1.39. The summed E-state index contributed by atoms with van der Waals surface area (Å²) < 4.78 is 0. The molecular formula is C16H17N5OS. The molecule has 0 bridgehead atoms. The summed E-state index contributed by atoms with van der Waals surface area (Å²) in [7, 11) is 0. The summed E-state index contributed by atoms with van der Waals surface area (Å²) in [6.45, 7) is 0.349. The molecule has 4 N–H and O–H groups in total. The van der Waals surface area contributed by atoms with Crippen molar-refractivity contribution in [2.24, 2.45) is 5.73 Å². The lowest BCUT2D eigenvalue weighted by atomic mass is 9.85. The van der Waals surface area contributed by atoms with Crippen LogP contribution in [0, 0.1) is 0 Å². The number of imidazole rings is 1. The van der Waals surface area contributed by atoms with Gasteiger partial charge in [-0.15, -0.1) is 11.3 Å². The fraction of sp³-hybridized carbons (Fsp3) is 0.312. The van der Waals surface area contributed by atoms with E-state index in [4.69, 9.17) is 5.73 Å². The Morgan fingerprint density at radius 1 is 1.39 bits per heavy atom. The van der Waals surface area contributed by atoms with Crippen LogP contribution < -0.4 is 11.1 Å². The summed E-state index contributed by atoms with van der Waals surface area (Å²) in [6, 6.07) is 5.70. The standard InChI is InChI=1S/C16H17N5OS/c17-7-14-19-13(8-23-14)16(22)18-10-4-5-11-12(6-10)21-15(20-11)9-2-1-3-9/h4-6,8-9H,1-3,7,17H2,(H,18,22)(H,20,21). The van der Waals surface area contributed by atoms with E-state index < -0.39 is 0 Å². The Morgan fingerprint density at radius 3 is 2.96 bits per heavy atom. The zero-order valence-electron chi connectivity index (χ0n) is 12.5. The molecule has 7 heteroatoms. The second-order valence-electron chi connectivity index (χ2n) is 5.77. The minimum atomic E-state index is -0.223. The van der Waals surface area contributed by atoms with Crippen molar-refractivity contribution in [2.45, 2.75) is 31.7 Å². The number of nitrogens with two attached hydrogens (primary N) is 1. The Labute approximate surface area is 137 Å². The van der Waals surface area contributed by atoms with Gasteiger partial charge in [0.15, 0.2) is 0 Å². The van der Waals surface area contributed by atoms with Crippen molar-refractivity contribution in [1.82, 2.24) is 15.0 Å². The smallest absolute Gasteiger partial charge is 0.275 e. The molecule has 2 aromatic heterocycles. The molecule has 0 saturated heterocycles. The summed E-state index contributed by atoms with van der Waals surface area (Å²) in [4.78, 5) is 24.4. The van der Waals surface area contributed by atoms with E-state index in [2.05, 4.69) is 20.3 Å². The molecule has 118 valence electrons. The molecule has 1 amide bonds. The molecule has 0 radical (unpaired) electrons. The van der Waals surface area contributed by atoms with Crippen LogP contribution in [0.15, 0.2) is 23.6 Å². The van der Waals surface area contributed by atoms with Crippen LogP contribution in [0.3, 0.4) is 0 Å².